The summed E-state index contributed by atoms with van der Waals surface area (Å²) in [7, 11) is 0. The SMILES string of the molecule is CCOc1cccc(-c2nc3c(c4c2-c2ccccc2CC4)-c2ccccc2CC3)c1O. The second-order valence-electron chi connectivity index (χ2n) is 8.54. The molecule has 3 heteroatoms. The molecule has 3 aromatic carbocycles. The molecule has 1 N–H and O–H groups in total. The fourth-order valence-corrected chi connectivity index (χ4v) is 5.39. The second-order valence-corrected chi connectivity index (χ2v) is 8.54. The van der Waals surface area contributed by atoms with Crippen molar-refractivity contribution in [1.29, 1.82) is 0 Å². The number of rotatable bonds is 3. The number of para-hydroxylation sites is 1. The Labute approximate surface area is 188 Å². The molecule has 2 aliphatic carbocycles. The Hall–Kier alpha value is -3.59. The number of pyridine rings is 1. The van der Waals surface area contributed by atoms with Crippen LogP contribution in [0.2, 0.25) is 0 Å². The van der Waals surface area contributed by atoms with E-state index in [9.17, 15) is 5.11 Å². The lowest BCUT2D eigenvalue weighted by molar-refractivity contribution is 0.318. The molecule has 0 atom stereocenters. The lowest BCUT2D eigenvalue weighted by atomic mass is 9.76. The van der Waals surface area contributed by atoms with Crippen LogP contribution in [0.15, 0.2) is 66.7 Å². The van der Waals surface area contributed by atoms with Gasteiger partial charge in [0.1, 0.15) is 0 Å². The standard InChI is InChI=1S/C29H25NO2/c1-2-32-25-13-7-12-23(29(25)31)28-27-21-11-6-4-8-18(21)14-16-22(27)26-20-10-5-3-9-19(20)15-17-24(26)30-28/h3-13,31H,2,14-17H2,1H3. The molecular weight excluding hydrogens is 394 g/mol. The van der Waals surface area contributed by atoms with E-state index in [-0.39, 0.29) is 5.75 Å². The second kappa shape index (κ2) is 7.52. The summed E-state index contributed by atoms with van der Waals surface area (Å²) < 4.78 is 5.69. The number of fused-ring (bicyclic) bond motifs is 7. The smallest absolute Gasteiger partial charge is 0.167 e. The minimum absolute atomic E-state index is 0.170. The predicted molar refractivity (Wildman–Crippen MR) is 128 cm³/mol. The highest BCUT2D eigenvalue weighted by atomic mass is 16.5. The van der Waals surface area contributed by atoms with E-state index >= 15 is 0 Å². The van der Waals surface area contributed by atoms with Crippen molar-refractivity contribution in [1.82, 2.24) is 4.98 Å². The zero-order valence-electron chi connectivity index (χ0n) is 18.2. The third-order valence-corrected chi connectivity index (χ3v) is 6.78. The van der Waals surface area contributed by atoms with E-state index in [0.717, 1.165) is 48.2 Å². The first-order chi connectivity index (χ1) is 15.8. The summed E-state index contributed by atoms with van der Waals surface area (Å²) in [5.74, 6) is 0.677. The Bertz CT molecular complexity index is 1360. The molecule has 6 rings (SSSR count). The molecule has 1 heterocycles. The van der Waals surface area contributed by atoms with Gasteiger partial charge in [-0.1, -0.05) is 54.6 Å². The molecule has 32 heavy (non-hydrogen) atoms. The number of aryl methyl sites for hydroxylation is 3. The molecule has 0 unspecified atom stereocenters. The maximum Gasteiger partial charge on any atom is 0.167 e. The quantitative estimate of drug-likeness (QED) is 0.419. The number of hydrogen-bond donors (Lipinski definition) is 1. The number of benzene rings is 3. The lowest BCUT2D eigenvalue weighted by Crippen LogP contribution is -2.15. The summed E-state index contributed by atoms with van der Waals surface area (Å²) in [5.41, 5.74) is 11.8. The summed E-state index contributed by atoms with van der Waals surface area (Å²) in [6.45, 7) is 2.44. The molecule has 0 radical (unpaired) electrons. The van der Waals surface area contributed by atoms with E-state index in [1.165, 1.54) is 33.4 Å². The maximum absolute atomic E-state index is 11.1. The number of aromatic nitrogens is 1. The van der Waals surface area contributed by atoms with Gasteiger partial charge in [-0.05, 0) is 72.6 Å². The first-order valence-corrected chi connectivity index (χ1v) is 11.4. The van der Waals surface area contributed by atoms with Crippen LogP contribution in [0.25, 0.3) is 33.5 Å². The van der Waals surface area contributed by atoms with E-state index in [1.54, 1.807) is 0 Å². The van der Waals surface area contributed by atoms with E-state index in [2.05, 4.69) is 48.5 Å². The van der Waals surface area contributed by atoms with Gasteiger partial charge in [-0.2, -0.15) is 0 Å². The number of nitrogens with zero attached hydrogens (tertiary/aromatic N) is 1. The first-order valence-electron chi connectivity index (χ1n) is 11.4. The normalized spacial score (nSPS) is 13.5. The van der Waals surface area contributed by atoms with Crippen molar-refractivity contribution in [2.75, 3.05) is 6.61 Å². The number of hydrogen-bond acceptors (Lipinski definition) is 3. The Morgan fingerprint density at radius 1 is 0.750 bits per heavy atom. The predicted octanol–water partition coefficient (Wildman–Crippen LogP) is 6.38. The minimum atomic E-state index is 0.170. The Kier molecular flexibility index (Phi) is 4.50. The lowest BCUT2D eigenvalue weighted by Gasteiger charge is -2.30. The largest absolute Gasteiger partial charge is 0.504 e. The van der Waals surface area contributed by atoms with Crippen LogP contribution >= 0.6 is 0 Å². The Morgan fingerprint density at radius 2 is 1.41 bits per heavy atom. The van der Waals surface area contributed by atoms with Crippen LogP contribution in [0, 0.1) is 0 Å². The van der Waals surface area contributed by atoms with Gasteiger partial charge >= 0.3 is 0 Å². The zero-order valence-corrected chi connectivity index (χ0v) is 18.2. The summed E-state index contributed by atoms with van der Waals surface area (Å²) in [6, 6.07) is 23.1. The van der Waals surface area contributed by atoms with E-state index < -0.39 is 0 Å². The van der Waals surface area contributed by atoms with Gasteiger partial charge in [0.05, 0.1) is 12.3 Å². The molecule has 0 saturated heterocycles. The average Bonchev–Trinajstić information content (AvgIpc) is 2.84. The van der Waals surface area contributed by atoms with Gasteiger partial charge in [0.2, 0.25) is 0 Å². The topological polar surface area (TPSA) is 42.4 Å². The van der Waals surface area contributed by atoms with Crippen molar-refractivity contribution in [2.45, 2.75) is 32.6 Å². The van der Waals surface area contributed by atoms with Gasteiger partial charge in [-0.25, -0.2) is 0 Å². The van der Waals surface area contributed by atoms with Gasteiger partial charge < -0.3 is 9.84 Å². The van der Waals surface area contributed by atoms with Crippen molar-refractivity contribution in [3.05, 3.63) is 89.1 Å². The highest BCUT2D eigenvalue weighted by Gasteiger charge is 2.30. The van der Waals surface area contributed by atoms with Gasteiger partial charge in [-0.15, -0.1) is 0 Å². The third-order valence-electron chi connectivity index (χ3n) is 6.78. The third kappa shape index (κ3) is 2.85. The molecule has 0 amide bonds. The number of aromatic hydroxyl groups is 1. The molecule has 158 valence electrons. The van der Waals surface area contributed by atoms with Crippen molar-refractivity contribution in [2.24, 2.45) is 0 Å². The Balaban J connectivity index is 1.69. The highest BCUT2D eigenvalue weighted by molar-refractivity contribution is 5.94. The summed E-state index contributed by atoms with van der Waals surface area (Å²) in [4.78, 5) is 5.24. The van der Waals surface area contributed by atoms with Crippen LogP contribution in [-0.2, 0) is 25.7 Å². The van der Waals surface area contributed by atoms with Crippen LogP contribution in [-0.4, -0.2) is 16.7 Å². The van der Waals surface area contributed by atoms with Crippen LogP contribution in [0.4, 0.5) is 0 Å². The first kappa shape index (κ1) is 19.1. The van der Waals surface area contributed by atoms with Gasteiger partial charge in [-0.3, -0.25) is 4.98 Å². The molecular formula is C29H25NO2. The minimum Gasteiger partial charge on any atom is -0.504 e. The molecule has 0 saturated carbocycles. The Morgan fingerprint density at radius 3 is 2.16 bits per heavy atom. The van der Waals surface area contributed by atoms with Gasteiger partial charge in [0, 0.05) is 22.4 Å². The number of phenolic OH excluding ortho intramolecular Hbond substituents is 1. The fraction of sp³-hybridized carbons (Fsp3) is 0.207. The molecule has 0 aliphatic heterocycles. The monoisotopic (exact) mass is 419 g/mol. The summed E-state index contributed by atoms with van der Waals surface area (Å²) in [5, 5.41) is 11.1. The van der Waals surface area contributed by atoms with Gasteiger partial charge in [0.15, 0.2) is 11.5 Å². The van der Waals surface area contributed by atoms with Crippen molar-refractivity contribution >= 4 is 0 Å². The molecule has 2 aliphatic rings. The molecule has 0 fully saturated rings. The van der Waals surface area contributed by atoms with E-state index in [1.807, 2.05) is 25.1 Å². The summed E-state index contributed by atoms with van der Waals surface area (Å²) >= 11 is 0. The van der Waals surface area contributed by atoms with Crippen LogP contribution < -0.4 is 4.74 Å². The number of phenols is 1. The summed E-state index contributed by atoms with van der Waals surface area (Å²) in [6.07, 6.45) is 3.91. The van der Waals surface area contributed by atoms with Crippen LogP contribution in [0.1, 0.15) is 29.3 Å². The van der Waals surface area contributed by atoms with Crippen molar-refractivity contribution in [3.63, 3.8) is 0 Å². The van der Waals surface area contributed by atoms with E-state index in [4.69, 9.17) is 9.72 Å². The van der Waals surface area contributed by atoms with Crippen molar-refractivity contribution in [3.8, 4) is 45.0 Å². The van der Waals surface area contributed by atoms with Crippen LogP contribution in [0.5, 0.6) is 11.5 Å². The fourth-order valence-electron chi connectivity index (χ4n) is 5.39. The molecule has 0 bridgehead atoms. The highest BCUT2D eigenvalue weighted by Crippen LogP contribution is 2.49. The number of ether oxygens (including phenoxy) is 1. The van der Waals surface area contributed by atoms with Crippen LogP contribution in [0.3, 0.4) is 0 Å². The van der Waals surface area contributed by atoms with Crippen molar-refractivity contribution < 1.29 is 9.84 Å². The van der Waals surface area contributed by atoms with Gasteiger partial charge in [0.25, 0.3) is 0 Å². The average molecular weight is 420 g/mol. The molecule has 4 aromatic rings. The molecule has 0 spiro atoms. The molecule has 1 aromatic heterocycles. The molecule has 3 nitrogen and oxygen atoms in total. The zero-order chi connectivity index (χ0) is 21.7. The van der Waals surface area contributed by atoms with E-state index in [0.29, 0.717) is 12.4 Å². The maximum atomic E-state index is 11.1.